The molecule has 0 spiro atoms. The van der Waals surface area contributed by atoms with Crippen LogP contribution in [0.15, 0.2) is 48.5 Å². The molecule has 0 aromatic heterocycles. The first-order chi connectivity index (χ1) is 10.2. The smallest absolute Gasteiger partial charge is 0.146 e. The molecule has 0 radical (unpaired) electrons. The largest absolute Gasteiger partial charge is 0.508 e. The maximum Gasteiger partial charge on any atom is 0.146 e. The molecule has 21 heavy (non-hydrogen) atoms. The van der Waals surface area contributed by atoms with Gasteiger partial charge in [-0.15, -0.1) is 0 Å². The second-order valence-electron chi connectivity index (χ2n) is 4.77. The highest BCUT2D eigenvalue weighted by molar-refractivity contribution is 5.26. The number of benzene rings is 2. The maximum atomic E-state index is 9.17. The maximum absolute atomic E-state index is 9.17. The van der Waals surface area contributed by atoms with Crippen LogP contribution in [0.2, 0.25) is 0 Å². The molecule has 0 aliphatic carbocycles. The van der Waals surface area contributed by atoms with Gasteiger partial charge in [-0.05, 0) is 48.2 Å². The molecule has 2 rings (SSSR count). The third-order valence-electron chi connectivity index (χ3n) is 3.11. The minimum atomic E-state index is 0.274. The van der Waals surface area contributed by atoms with Gasteiger partial charge in [-0.2, -0.15) is 0 Å². The summed E-state index contributed by atoms with van der Waals surface area (Å²) < 4.78 is 10.8. The van der Waals surface area contributed by atoms with E-state index in [1.165, 1.54) is 0 Å². The normalized spacial score (nSPS) is 10.7. The number of ether oxygens (including phenoxy) is 2. The first-order valence-electron chi connectivity index (χ1n) is 6.95. The van der Waals surface area contributed by atoms with Gasteiger partial charge >= 0.3 is 0 Å². The number of hydrogen-bond donors (Lipinski definition) is 2. The number of aromatic hydroxyl groups is 2. The highest BCUT2D eigenvalue weighted by Crippen LogP contribution is 2.11. The van der Waals surface area contributed by atoms with Gasteiger partial charge in [0.05, 0.1) is 13.2 Å². The van der Waals surface area contributed by atoms with Crippen molar-refractivity contribution in [2.75, 3.05) is 20.0 Å². The van der Waals surface area contributed by atoms with Crippen LogP contribution in [0.5, 0.6) is 11.5 Å². The Bertz CT molecular complexity index is 470. The van der Waals surface area contributed by atoms with Gasteiger partial charge in [0.25, 0.3) is 0 Å². The van der Waals surface area contributed by atoms with E-state index in [0.29, 0.717) is 13.2 Å². The summed E-state index contributed by atoms with van der Waals surface area (Å²) >= 11 is 0. The fourth-order valence-electron chi connectivity index (χ4n) is 1.88. The summed E-state index contributed by atoms with van der Waals surface area (Å²) in [7, 11) is 0. The minimum absolute atomic E-state index is 0.274. The van der Waals surface area contributed by atoms with Crippen LogP contribution in [0.1, 0.15) is 11.1 Å². The molecular weight excluding hydrogens is 268 g/mol. The predicted octanol–water partition coefficient (Wildman–Crippen LogP) is 2.87. The van der Waals surface area contributed by atoms with Gasteiger partial charge in [0, 0.05) is 0 Å². The Balaban J connectivity index is 1.52. The SMILES string of the molecule is Oc1ccc(CCOCOCCc2ccc(O)cc2)cc1. The molecule has 0 fully saturated rings. The third-order valence-corrected chi connectivity index (χ3v) is 3.11. The first-order valence-corrected chi connectivity index (χ1v) is 6.95. The molecular formula is C17H20O4. The molecule has 0 heterocycles. The van der Waals surface area contributed by atoms with Crippen molar-refractivity contribution >= 4 is 0 Å². The van der Waals surface area contributed by atoms with Gasteiger partial charge in [0.15, 0.2) is 0 Å². The van der Waals surface area contributed by atoms with E-state index in [0.717, 1.165) is 24.0 Å². The molecule has 2 N–H and O–H groups in total. The number of phenolic OH excluding ortho intramolecular Hbond substituents is 2. The fourth-order valence-corrected chi connectivity index (χ4v) is 1.88. The summed E-state index contributed by atoms with van der Waals surface area (Å²) in [6.45, 7) is 1.45. The Morgan fingerprint density at radius 3 is 1.38 bits per heavy atom. The Labute approximate surface area is 124 Å². The standard InChI is InChI=1S/C17H20O4/c18-16-5-1-14(2-6-16)9-11-20-13-21-12-10-15-3-7-17(19)8-4-15/h1-8,18-19H,9-13H2. The van der Waals surface area contributed by atoms with Gasteiger partial charge in [0.2, 0.25) is 0 Å². The summed E-state index contributed by atoms with van der Waals surface area (Å²) in [6.07, 6.45) is 1.59. The minimum Gasteiger partial charge on any atom is -0.508 e. The molecule has 2 aromatic carbocycles. The van der Waals surface area contributed by atoms with Crippen molar-refractivity contribution in [1.82, 2.24) is 0 Å². The Hall–Kier alpha value is -2.04. The van der Waals surface area contributed by atoms with E-state index < -0.39 is 0 Å². The van der Waals surface area contributed by atoms with Crippen molar-refractivity contribution < 1.29 is 19.7 Å². The lowest BCUT2D eigenvalue weighted by Gasteiger charge is -2.06. The van der Waals surface area contributed by atoms with Gasteiger partial charge in [-0.3, -0.25) is 0 Å². The summed E-state index contributed by atoms with van der Waals surface area (Å²) in [6, 6.07) is 14.2. The molecule has 112 valence electrons. The average Bonchev–Trinajstić information content (AvgIpc) is 2.50. The van der Waals surface area contributed by atoms with Crippen molar-refractivity contribution in [1.29, 1.82) is 0 Å². The van der Waals surface area contributed by atoms with Crippen LogP contribution >= 0.6 is 0 Å². The molecule has 0 saturated carbocycles. The van der Waals surface area contributed by atoms with Gasteiger partial charge in [0.1, 0.15) is 18.3 Å². The topological polar surface area (TPSA) is 58.9 Å². The van der Waals surface area contributed by atoms with E-state index >= 15 is 0 Å². The monoisotopic (exact) mass is 288 g/mol. The highest BCUT2D eigenvalue weighted by atomic mass is 16.7. The number of phenols is 2. The van der Waals surface area contributed by atoms with Crippen LogP contribution in [0.4, 0.5) is 0 Å². The molecule has 0 amide bonds. The zero-order valence-electron chi connectivity index (χ0n) is 11.9. The second kappa shape index (κ2) is 8.29. The van der Waals surface area contributed by atoms with Crippen molar-refractivity contribution in [2.24, 2.45) is 0 Å². The number of rotatable bonds is 8. The van der Waals surface area contributed by atoms with E-state index in [9.17, 15) is 0 Å². The lowest BCUT2D eigenvalue weighted by atomic mass is 10.1. The third kappa shape index (κ3) is 5.85. The lowest BCUT2D eigenvalue weighted by Crippen LogP contribution is -2.06. The second-order valence-corrected chi connectivity index (χ2v) is 4.77. The van der Waals surface area contributed by atoms with Crippen molar-refractivity contribution in [3.05, 3.63) is 59.7 Å². The van der Waals surface area contributed by atoms with E-state index in [-0.39, 0.29) is 18.3 Å². The zero-order chi connectivity index (χ0) is 14.9. The van der Waals surface area contributed by atoms with E-state index in [2.05, 4.69) is 0 Å². The Morgan fingerprint density at radius 1 is 0.619 bits per heavy atom. The quantitative estimate of drug-likeness (QED) is 0.579. The molecule has 0 bridgehead atoms. The Morgan fingerprint density at radius 2 is 1.00 bits per heavy atom. The van der Waals surface area contributed by atoms with Crippen molar-refractivity contribution in [3.8, 4) is 11.5 Å². The van der Waals surface area contributed by atoms with E-state index in [1.807, 2.05) is 24.3 Å². The van der Waals surface area contributed by atoms with Gasteiger partial charge in [-0.25, -0.2) is 0 Å². The highest BCUT2D eigenvalue weighted by Gasteiger charge is 1.96. The van der Waals surface area contributed by atoms with Crippen LogP contribution < -0.4 is 0 Å². The van der Waals surface area contributed by atoms with Crippen LogP contribution in [0.25, 0.3) is 0 Å². The van der Waals surface area contributed by atoms with Crippen molar-refractivity contribution in [2.45, 2.75) is 12.8 Å². The molecule has 2 aromatic rings. The summed E-state index contributed by atoms with van der Waals surface area (Å²) in [5.41, 5.74) is 2.24. The molecule has 0 saturated heterocycles. The zero-order valence-corrected chi connectivity index (χ0v) is 11.9. The molecule has 0 aliphatic heterocycles. The molecule has 4 heteroatoms. The molecule has 4 nitrogen and oxygen atoms in total. The predicted molar refractivity (Wildman–Crippen MR) is 80.4 cm³/mol. The molecule has 0 atom stereocenters. The van der Waals surface area contributed by atoms with Gasteiger partial charge in [-0.1, -0.05) is 24.3 Å². The van der Waals surface area contributed by atoms with Crippen LogP contribution in [0.3, 0.4) is 0 Å². The van der Waals surface area contributed by atoms with E-state index in [4.69, 9.17) is 19.7 Å². The van der Waals surface area contributed by atoms with Crippen LogP contribution in [-0.2, 0) is 22.3 Å². The molecule has 0 unspecified atom stereocenters. The van der Waals surface area contributed by atoms with Crippen LogP contribution in [0, 0.1) is 0 Å². The Kier molecular flexibility index (Phi) is 6.06. The fraction of sp³-hybridized carbons (Fsp3) is 0.294. The van der Waals surface area contributed by atoms with E-state index in [1.54, 1.807) is 24.3 Å². The lowest BCUT2D eigenvalue weighted by molar-refractivity contribution is -0.0516. The molecule has 0 aliphatic rings. The van der Waals surface area contributed by atoms with Gasteiger partial charge < -0.3 is 19.7 Å². The average molecular weight is 288 g/mol. The van der Waals surface area contributed by atoms with Crippen molar-refractivity contribution in [3.63, 3.8) is 0 Å². The summed E-state index contributed by atoms with van der Waals surface area (Å²) in [5.74, 6) is 0.550. The number of hydrogen-bond acceptors (Lipinski definition) is 4. The van der Waals surface area contributed by atoms with Crippen LogP contribution in [-0.4, -0.2) is 30.2 Å². The summed E-state index contributed by atoms with van der Waals surface area (Å²) in [4.78, 5) is 0. The first kappa shape index (κ1) is 15.4. The summed E-state index contributed by atoms with van der Waals surface area (Å²) in [5, 5.41) is 18.3.